The summed E-state index contributed by atoms with van der Waals surface area (Å²) < 4.78 is 58.7. The van der Waals surface area contributed by atoms with Crippen LogP contribution < -0.4 is 57.7 Å². The summed E-state index contributed by atoms with van der Waals surface area (Å²) in [5, 5.41) is 31.3. The first-order valence-electron chi connectivity index (χ1n) is 27.3. The average Bonchev–Trinajstić information content (AvgIpc) is 4.23. The Kier molecular flexibility index (Phi) is 69.7. The van der Waals surface area contributed by atoms with E-state index in [1.54, 1.807) is 5.06 Å². The molecule has 7 heterocycles. The first kappa shape index (κ1) is 92.9. The maximum atomic E-state index is 8.83. The Bertz CT molecular complexity index is 1910. The van der Waals surface area contributed by atoms with Crippen molar-refractivity contribution in [1.82, 2.24) is 45.4 Å². The van der Waals surface area contributed by atoms with Crippen LogP contribution in [-0.2, 0) is 63.9 Å². The third-order valence-corrected chi connectivity index (χ3v) is 10.6. The molecule has 4 aliphatic rings. The maximum Gasteiger partial charge on any atom is 0.394 e. The van der Waals surface area contributed by atoms with E-state index in [1.165, 1.54) is 32.1 Å². The minimum atomic E-state index is -4.67. The molecule has 0 aromatic carbocycles. The van der Waals surface area contributed by atoms with Crippen molar-refractivity contribution in [1.29, 1.82) is 0 Å². The number of ether oxygens (including phenoxy) is 1. The van der Waals surface area contributed by atoms with Crippen molar-refractivity contribution in [2.24, 2.45) is 0 Å². The second-order valence-electron chi connectivity index (χ2n) is 16.8. The van der Waals surface area contributed by atoms with E-state index in [0.717, 1.165) is 162 Å². The molecule has 3 aromatic heterocycles. The molecule has 501 valence electrons. The summed E-state index contributed by atoms with van der Waals surface area (Å²) in [4.78, 5) is 53.5. The van der Waals surface area contributed by atoms with Gasteiger partial charge in [0, 0.05) is 84.1 Å². The van der Waals surface area contributed by atoms with Gasteiger partial charge in [0.2, 0.25) is 29.1 Å². The zero-order valence-corrected chi connectivity index (χ0v) is 54.0. The van der Waals surface area contributed by atoms with Crippen LogP contribution in [0.25, 0.3) is 0 Å². The second-order valence-corrected chi connectivity index (χ2v) is 19.4. The van der Waals surface area contributed by atoms with Gasteiger partial charge in [-0.25, -0.2) is 24.6 Å². The van der Waals surface area contributed by atoms with Crippen LogP contribution in [0.2, 0.25) is 5.28 Å². The van der Waals surface area contributed by atoms with Gasteiger partial charge < -0.3 is 78.2 Å². The van der Waals surface area contributed by atoms with Crippen LogP contribution in [0.3, 0.4) is 0 Å². The second kappa shape index (κ2) is 63.7. The van der Waals surface area contributed by atoms with Gasteiger partial charge in [-0.05, 0) is 101 Å². The number of anilines is 8. The Morgan fingerprint density at radius 3 is 1.28 bits per heavy atom. The molecule has 4 fully saturated rings. The molecule has 85 heavy (non-hydrogen) atoms. The van der Waals surface area contributed by atoms with Crippen LogP contribution >= 0.6 is 34.2 Å². The van der Waals surface area contributed by atoms with Crippen LogP contribution in [0, 0.1) is 4.43 Å². The number of hydrogen-bond donors (Lipinski definition) is 9. The Labute approximate surface area is 542 Å². The molecule has 4 saturated heterocycles. The van der Waals surface area contributed by atoms with Crippen LogP contribution in [0.5, 0.6) is 0 Å². The van der Waals surface area contributed by atoms with Crippen LogP contribution in [0.1, 0.15) is 174 Å². The van der Waals surface area contributed by atoms with Gasteiger partial charge in [-0.1, -0.05) is 88.1 Å². The van der Waals surface area contributed by atoms with Crippen LogP contribution in [-0.4, -0.2) is 158 Å². The van der Waals surface area contributed by atoms with E-state index in [1.807, 2.05) is 5.06 Å². The van der Waals surface area contributed by atoms with E-state index in [4.69, 9.17) is 62.4 Å². The summed E-state index contributed by atoms with van der Waals surface area (Å²) in [7, 11) is -4.67. The molecular weight excluding hydrogens is 1320 g/mol. The van der Waals surface area contributed by atoms with Gasteiger partial charge in [-0.2, -0.15) is 49.8 Å². The average molecular weight is 1430 g/mol. The summed E-state index contributed by atoms with van der Waals surface area (Å²) >= 11 is 5.11. The SMILES string of the molecule is C.C.C.C.C1CCOC1.C1CCONC1.CCCNc1nc(Cl)nc(NCCC)n1.CCCNc1nc(NCCC)[nH+]c(N2CCCCO2)n1.CCCNc1nc(NCCC)nc(N2CCCCO2)n1.CC[CH-]I.O=S(=O)(O)O.O=S([O-])O[O-].[V]. The molecule has 4 aliphatic heterocycles. The molecule has 1 atom stereocenters. The van der Waals surface area contributed by atoms with Crippen molar-refractivity contribution in [2.45, 2.75) is 174 Å². The van der Waals surface area contributed by atoms with Crippen molar-refractivity contribution in [3.63, 3.8) is 0 Å². The number of aromatic amines is 1. The summed E-state index contributed by atoms with van der Waals surface area (Å²) in [6, 6.07) is 0. The predicted molar refractivity (Wildman–Crippen MR) is 344 cm³/mol. The third-order valence-electron chi connectivity index (χ3n) is 9.48. The largest absolute Gasteiger partial charge is 0.750 e. The number of nitrogens with one attached hydrogen (secondary N) is 8. The first-order valence-corrected chi connectivity index (χ1v) is 31.3. The molecular formula is C50H106ClIN18O12S2V-2. The molecule has 0 bridgehead atoms. The number of H-pyrrole nitrogens is 1. The zero-order valence-electron chi connectivity index (χ0n) is 48.1. The normalized spacial score (nSPS) is 13.9. The smallest absolute Gasteiger partial charge is 0.394 e. The minimum Gasteiger partial charge on any atom is -0.750 e. The van der Waals surface area contributed by atoms with Gasteiger partial charge in [0.05, 0.1) is 37.7 Å². The Morgan fingerprint density at radius 2 is 0.988 bits per heavy atom. The van der Waals surface area contributed by atoms with E-state index >= 15 is 0 Å². The van der Waals surface area contributed by atoms with Crippen molar-refractivity contribution in [3.8, 4) is 0 Å². The topological polar surface area (TPSA) is 392 Å². The predicted octanol–water partition coefficient (Wildman–Crippen LogP) is 8.74. The fourth-order valence-electron chi connectivity index (χ4n) is 5.79. The standard InChI is InChI=1S/2C13H24N6O.C9H16ClN5.C4H9NO.C4H8O.C3H6I.4CH4.2H2O4S.V/c2*1-3-7-14-11-16-12(15-8-4-2)18-13(17-11)19-9-5-6-10-20-19;1-3-5-11-8-13-7(10)14-9(15-8)12-6-4-2;1-2-4-6-5-3-1;1-2-4-5-3-1;1-2-3-4;;;;;1-5(2,3)4;1-4-5(2)3;/h2*3-10H2,1-2H3,(H2,14,15,16,17,18);3-6H2,1-2H3,(H2,11,12,13,14,15);5H,1-4H2;1-4H2;3H,2H2,1H3;4*1H4;(H2,1,2,3,4);1H,(H,2,3);/q;;;;;-1;;;;;;;/p-1. The number of hydroxylamine groups is 3. The molecule has 0 spiro atoms. The number of rotatable bonds is 22. The molecule has 0 amide bonds. The van der Waals surface area contributed by atoms with Crippen molar-refractivity contribution >= 4 is 104 Å². The van der Waals surface area contributed by atoms with E-state index in [2.05, 4.69) is 162 Å². The van der Waals surface area contributed by atoms with E-state index < -0.39 is 21.8 Å². The van der Waals surface area contributed by atoms with Crippen LogP contribution in [0.4, 0.5) is 47.6 Å². The molecule has 30 nitrogen and oxygen atoms in total. The van der Waals surface area contributed by atoms with E-state index in [0.29, 0.717) is 41.6 Å². The fourth-order valence-corrected chi connectivity index (χ4v) is 5.95. The monoisotopic (exact) mass is 1430 g/mol. The van der Waals surface area contributed by atoms with Crippen molar-refractivity contribution < 1.29 is 78.7 Å². The minimum absolute atomic E-state index is 0. The van der Waals surface area contributed by atoms with Gasteiger partial charge in [0.15, 0.2) is 0 Å². The summed E-state index contributed by atoms with van der Waals surface area (Å²) in [6.07, 6.45) is 16.8. The van der Waals surface area contributed by atoms with E-state index in [9.17, 15) is 0 Å². The van der Waals surface area contributed by atoms with Crippen molar-refractivity contribution in [3.05, 3.63) is 9.71 Å². The molecule has 7 rings (SSSR count). The van der Waals surface area contributed by atoms with Gasteiger partial charge in [-0.3, -0.25) is 18.4 Å². The number of nitrogens with zero attached hydrogens (tertiary/aromatic N) is 10. The number of aromatic nitrogens is 9. The van der Waals surface area contributed by atoms with Gasteiger partial charge in [-0.15, -0.1) is 0 Å². The molecule has 10 N–H and O–H groups in total. The quantitative estimate of drug-likeness (QED) is 0.0113. The first-order chi connectivity index (χ1) is 38.6. The molecule has 1 radical (unpaired) electrons. The molecule has 0 aliphatic carbocycles. The number of halogens is 2. The summed E-state index contributed by atoms with van der Waals surface area (Å²) in [5.74, 6) is 4.90. The third kappa shape index (κ3) is 55.8. The van der Waals surface area contributed by atoms with E-state index in [-0.39, 0.29) is 53.5 Å². The maximum absolute atomic E-state index is 8.83. The summed E-state index contributed by atoms with van der Waals surface area (Å²) in [6.45, 7) is 26.9. The Balaban J connectivity index is -0.000000224. The molecule has 0 saturated carbocycles. The van der Waals surface area contributed by atoms with Gasteiger partial charge >= 0.3 is 28.2 Å². The zero-order chi connectivity index (χ0) is 59.5. The Morgan fingerprint density at radius 1 is 0.624 bits per heavy atom. The fraction of sp³-hybridized carbons (Fsp3) is 0.800. The van der Waals surface area contributed by atoms with Crippen molar-refractivity contribution in [2.75, 3.05) is 134 Å². The molecule has 1 unspecified atom stereocenters. The number of hydrogen-bond acceptors (Lipinski definition) is 27. The van der Waals surface area contributed by atoms with Gasteiger partial charge in [0.1, 0.15) is 0 Å². The molecule has 3 aromatic rings. The van der Waals surface area contributed by atoms with Crippen LogP contribution in [0.15, 0.2) is 0 Å². The molecule has 35 heteroatoms. The summed E-state index contributed by atoms with van der Waals surface area (Å²) in [5.41, 5.74) is 2.78. The Hall–Kier alpha value is -3.27. The van der Waals surface area contributed by atoms with Gasteiger partial charge in [0.25, 0.3) is 5.95 Å².